The van der Waals surface area contributed by atoms with Gasteiger partial charge in [0.15, 0.2) is 5.78 Å². The summed E-state index contributed by atoms with van der Waals surface area (Å²) < 4.78 is 2.26. The summed E-state index contributed by atoms with van der Waals surface area (Å²) >= 11 is 0. The van der Waals surface area contributed by atoms with Gasteiger partial charge in [-0.25, -0.2) is 5.06 Å². The third-order valence-corrected chi connectivity index (χ3v) is 7.58. The van der Waals surface area contributed by atoms with Crippen molar-refractivity contribution in [3.63, 3.8) is 0 Å². The summed E-state index contributed by atoms with van der Waals surface area (Å²) in [6.45, 7) is 12.9. The molecule has 4 aromatic carbocycles. The summed E-state index contributed by atoms with van der Waals surface area (Å²) in [5, 5.41) is 9.86. The van der Waals surface area contributed by atoms with Gasteiger partial charge in [0.25, 0.3) is 0 Å². The first-order valence-electron chi connectivity index (χ1n) is 14.9. The number of carbonyl (C=O) groups is 3. The topological polar surface area (TPSA) is 90.2 Å². The maximum absolute atomic E-state index is 13.8. The van der Waals surface area contributed by atoms with Crippen molar-refractivity contribution in [1.29, 1.82) is 0 Å². The number of hydrogen-bond donors (Lipinski definition) is 0. The zero-order valence-corrected chi connectivity index (χ0v) is 26.0. The molecule has 0 fully saturated rings. The molecular formula is C36H39N3O5. The van der Waals surface area contributed by atoms with Gasteiger partial charge in [-0.1, -0.05) is 53.7 Å². The van der Waals surface area contributed by atoms with Gasteiger partial charge in [-0.05, 0) is 68.8 Å². The number of aromatic nitrogens is 1. The quantitative estimate of drug-likeness (QED) is 0.0909. The van der Waals surface area contributed by atoms with Crippen molar-refractivity contribution in [3.8, 4) is 0 Å². The molecule has 0 saturated heterocycles. The molecule has 0 aliphatic carbocycles. The lowest BCUT2D eigenvalue weighted by Crippen LogP contribution is -2.38. The summed E-state index contributed by atoms with van der Waals surface area (Å²) in [5.74, 6) is -0.167. The Kier molecular flexibility index (Phi) is 10.6. The van der Waals surface area contributed by atoms with Crippen LogP contribution in [0.3, 0.4) is 0 Å². The Morgan fingerprint density at radius 2 is 1.48 bits per heavy atom. The third-order valence-electron chi connectivity index (χ3n) is 7.58. The van der Waals surface area contributed by atoms with Crippen LogP contribution in [0.15, 0.2) is 84.0 Å². The molecule has 5 aromatic rings. The van der Waals surface area contributed by atoms with Crippen LogP contribution in [0.5, 0.6) is 0 Å². The predicted molar refractivity (Wildman–Crippen MR) is 176 cm³/mol. The van der Waals surface area contributed by atoms with E-state index in [1.165, 1.54) is 12.0 Å². The number of hydroxylamine groups is 2. The highest BCUT2D eigenvalue weighted by Crippen LogP contribution is 2.32. The van der Waals surface area contributed by atoms with Gasteiger partial charge in [0.05, 0.1) is 18.4 Å². The van der Waals surface area contributed by atoms with E-state index < -0.39 is 0 Å². The highest BCUT2D eigenvalue weighted by Gasteiger charge is 2.22. The molecule has 5 rings (SSSR count). The first-order chi connectivity index (χ1) is 21.4. The van der Waals surface area contributed by atoms with E-state index in [9.17, 15) is 9.59 Å². The fraction of sp³-hybridized carbons (Fsp3) is 0.278. The van der Waals surface area contributed by atoms with Crippen LogP contribution >= 0.6 is 0 Å². The molecule has 0 spiro atoms. The molecule has 0 saturated carbocycles. The van der Waals surface area contributed by atoms with Crippen molar-refractivity contribution < 1.29 is 24.1 Å². The van der Waals surface area contributed by atoms with Crippen LogP contribution < -0.4 is 0 Å². The predicted octanol–water partition coefficient (Wildman–Crippen LogP) is 7.33. The zero-order chi connectivity index (χ0) is 31.8. The maximum Gasteiger partial charge on any atom is 0.243 e. The number of ketones is 1. The lowest BCUT2D eigenvalue weighted by atomic mass is 9.96. The summed E-state index contributed by atoms with van der Waals surface area (Å²) in [4.78, 5) is 45.2. The molecule has 1 unspecified atom stereocenters. The van der Waals surface area contributed by atoms with E-state index in [2.05, 4.69) is 28.8 Å². The fourth-order valence-electron chi connectivity index (χ4n) is 5.73. The minimum atomic E-state index is -0.251. The highest BCUT2D eigenvalue weighted by atomic mass is 16.7. The molecule has 0 N–H and O–H groups in total. The van der Waals surface area contributed by atoms with Gasteiger partial charge in [-0.3, -0.25) is 14.4 Å². The van der Waals surface area contributed by atoms with Crippen molar-refractivity contribution >= 4 is 56.8 Å². The van der Waals surface area contributed by atoms with Crippen molar-refractivity contribution in [3.05, 3.63) is 95.6 Å². The first-order valence-corrected chi connectivity index (χ1v) is 14.9. The van der Waals surface area contributed by atoms with Gasteiger partial charge >= 0.3 is 0 Å². The Bertz CT molecular complexity index is 1820. The second-order valence-electron chi connectivity index (χ2n) is 10.3. The molecule has 8 nitrogen and oxygen atoms in total. The van der Waals surface area contributed by atoms with E-state index in [0.717, 1.165) is 50.4 Å². The monoisotopic (exact) mass is 593 g/mol. The van der Waals surface area contributed by atoms with Gasteiger partial charge in [-0.2, -0.15) is 0 Å². The largest absolute Gasteiger partial charge is 0.396 e. The third kappa shape index (κ3) is 6.40. The number of benzene rings is 4. The molecule has 0 aliphatic rings. The van der Waals surface area contributed by atoms with E-state index in [1.807, 2.05) is 94.3 Å². The lowest BCUT2D eigenvalue weighted by Gasteiger charge is -2.26. The molecule has 1 atom stereocenters. The van der Waals surface area contributed by atoms with Gasteiger partial charge in [0.1, 0.15) is 13.4 Å². The number of carbonyl (C=O) groups excluding carboxylic acids is 3. The van der Waals surface area contributed by atoms with Crippen molar-refractivity contribution in [1.82, 2.24) is 9.63 Å². The molecule has 0 bridgehead atoms. The standard InChI is InChI=1S/C35H37N3O4.CH2O/c1-6-37-33-18-16-26(32(36-41-7-2)20-23(4)38(24(5)39)42-8-3)21-30(33)31-22-27(17-19-34(31)37)35(40)29-15-11-13-25-12-9-10-14-28(25)29;1-2/h9-19,21-23H,6-8,20H2,1-5H3;1H2/b36-32+;. The highest BCUT2D eigenvalue weighted by molar-refractivity contribution is 6.19. The number of aryl methyl sites for hydroxylation is 1. The molecule has 8 heteroatoms. The summed E-state index contributed by atoms with van der Waals surface area (Å²) in [6.07, 6.45) is 0.447. The van der Waals surface area contributed by atoms with E-state index in [1.54, 1.807) is 0 Å². The lowest BCUT2D eigenvalue weighted by molar-refractivity contribution is -0.193. The number of nitrogens with zero attached hydrogens (tertiary/aromatic N) is 3. The van der Waals surface area contributed by atoms with Crippen LogP contribution in [-0.2, 0) is 25.8 Å². The Balaban J connectivity index is 0.00000216. The molecule has 0 aliphatic heterocycles. The molecule has 1 heterocycles. The van der Waals surface area contributed by atoms with Crippen molar-refractivity contribution in [2.75, 3.05) is 13.2 Å². The van der Waals surface area contributed by atoms with E-state index >= 15 is 0 Å². The average molecular weight is 594 g/mol. The second kappa shape index (κ2) is 14.6. The van der Waals surface area contributed by atoms with Crippen LogP contribution in [-0.4, -0.2) is 53.1 Å². The summed E-state index contributed by atoms with van der Waals surface area (Å²) in [5.41, 5.74) is 5.09. The Labute approximate surface area is 257 Å². The van der Waals surface area contributed by atoms with Crippen LogP contribution in [0.4, 0.5) is 0 Å². The average Bonchev–Trinajstić information content (AvgIpc) is 3.37. The first kappa shape index (κ1) is 32.1. The van der Waals surface area contributed by atoms with Crippen LogP contribution in [0.25, 0.3) is 32.6 Å². The number of fused-ring (bicyclic) bond motifs is 4. The Morgan fingerprint density at radius 3 is 2.11 bits per heavy atom. The van der Waals surface area contributed by atoms with Gasteiger partial charge in [0, 0.05) is 58.4 Å². The van der Waals surface area contributed by atoms with E-state index in [4.69, 9.17) is 14.5 Å². The fourth-order valence-corrected chi connectivity index (χ4v) is 5.73. The number of oxime groups is 1. The molecule has 44 heavy (non-hydrogen) atoms. The number of rotatable bonds is 11. The SMILES string of the molecule is C=O.CCO/N=C(\CC(C)N(OCC)C(C)=O)c1ccc2c(c1)c1cc(C(=O)c3cccc4ccccc34)ccc1n2CC. The summed E-state index contributed by atoms with van der Waals surface area (Å²) in [6, 6.07) is 25.8. The Morgan fingerprint density at radius 1 is 0.841 bits per heavy atom. The minimum Gasteiger partial charge on any atom is -0.396 e. The minimum absolute atomic E-state index is 0.00470. The number of hydrogen-bond acceptors (Lipinski definition) is 6. The van der Waals surface area contributed by atoms with E-state index in [-0.39, 0.29) is 17.7 Å². The number of amides is 1. The molecular weight excluding hydrogens is 554 g/mol. The molecule has 1 aromatic heterocycles. The normalized spacial score (nSPS) is 12.2. The van der Waals surface area contributed by atoms with Gasteiger partial charge in [-0.15, -0.1) is 0 Å². The molecule has 228 valence electrons. The summed E-state index contributed by atoms with van der Waals surface area (Å²) in [7, 11) is 0. The van der Waals surface area contributed by atoms with Crippen molar-refractivity contribution in [2.45, 2.75) is 53.6 Å². The van der Waals surface area contributed by atoms with Crippen LogP contribution in [0.1, 0.15) is 62.5 Å². The van der Waals surface area contributed by atoms with Gasteiger partial charge < -0.3 is 14.2 Å². The molecule has 1 amide bonds. The maximum atomic E-state index is 13.8. The second-order valence-corrected chi connectivity index (χ2v) is 10.3. The molecule has 0 radical (unpaired) electrons. The van der Waals surface area contributed by atoms with Gasteiger partial charge in [0.2, 0.25) is 5.91 Å². The smallest absolute Gasteiger partial charge is 0.243 e. The zero-order valence-electron chi connectivity index (χ0n) is 26.0. The van der Waals surface area contributed by atoms with Crippen LogP contribution in [0, 0.1) is 0 Å². The van der Waals surface area contributed by atoms with Crippen LogP contribution in [0.2, 0.25) is 0 Å². The van der Waals surface area contributed by atoms with E-state index in [0.29, 0.717) is 30.8 Å². The Hall–Kier alpha value is -4.82. The van der Waals surface area contributed by atoms with Crippen molar-refractivity contribution in [2.24, 2.45) is 5.16 Å².